The van der Waals surface area contributed by atoms with Gasteiger partial charge in [0.2, 0.25) is 5.91 Å². The minimum absolute atomic E-state index is 0.139. The molecule has 0 heterocycles. The Bertz CT molecular complexity index is 481. The quantitative estimate of drug-likeness (QED) is 0.836. The maximum absolute atomic E-state index is 12.0. The van der Waals surface area contributed by atoms with Gasteiger partial charge in [0.25, 0.3) is 0 Å². The van der Waals surface area contributed by atoms with Crippen LogP contribution in [0.5, 0.6) is 11.5 Å². The molecule has 0 bridgehead atoms. The third kappa shape index (κ3) is 4.93. The molecule has 0 spiro atoms. The van der Waals surface area contributed by atoms with Crippen molar-refractivity contribution >= 4 is 5.91 Å². The third-order valence-corrected chi connectivity index (χ3v) is 4.44. The number of ether oxygens (including phenoxy) is 2. The fraction of sp³-hybridized carbons (Fsp3) is 0.611. The van der Waals surface area contributed by atoms with Crippen LogP contribution in [-0.2, 0) is 11.3 Å². The Balaban J connectivity index is 1.75. The van der Waals surface area contributed by atoms with Gasteiger partial charge in [-0.2, -0.15) is 0 Å². The maximum Gasteiger partial charge on any atom is 0.220 e. The molecule has 1 fully saturated rings. The number of hydrogen-bond donors (Lipinski definition) is 1. The summed E-state index contributed by atoms with van der Waals surface area (Å²) >= 11 is 0. The first kappa shape index (κ1) is 16.7. The molecule has 22 heavy (non-hydrogen) atoms. The van der Waals surface area contributed by atoms with Crippen LogP contribution in [-0.4, -0.2) is 20.1 Å². The Morgan fingerprint density at radius 3 is 2.55 bits per heavy atom. The van der Waals surface area contributed by atoms with E-state index in [0.717, 1.165) is 17.9 Å². The normalized spacial score (nSPS) is 15.4. The largest absolute Gasteiger partial charge is 0.493 e. The standard InChI is InChI=1S/C18H27NO3/c1-21-16-10-8-15(12-17(16)22-2)13-19-18(20)11-9-14-6-4-3-5-7-14/h8,10,12,14H,3-7,9,11,13H2,1-2H3,(H,19,20). The van der Waals surface area contributed by atoms with Gasteiger partial charge in [0, 0.05) is 13.0 Å². The molecule has 0 unspecified atom stereocenters. The molecule has 1 amide bonds. The van der Waals surface area contributed by atoms with Gasteiger partial charge in [-0.25, -0.2) is 0 Å². The minimum atomic E-state index is 0.139. The first-order valence-corrected chi connectivity index (χ1v) is 8.20. The van der Waals surface area contributed by atoms with Crippen LogP contribution < -0.4 is 14.8 Å². The fourth-order valence-electron chi connectivity index (χ4n) is 3.09. The van der Waals surface area contributed by atoms with Crippen molar-refractivity contribution in [1.29, 1.82) is 0 Å². The second kappa shape index (κ2) is 8.66. The Morgan fingerprint density at radius 2 is 1.86 bits per heavy atom. The molecule has 4 heteroatoms. The fourth-order valence-corrected chi connectivity index (χ4v) is 3.09. The van der Waals surface area contributed by atoms with Crippen molar-refractivity contribution in [1.82, 2.24) is 5.32 Å². The van der Waals surface area contributed by atoms with E-state index in [2.05, 4.69) is 5.32 Å². The van der Waals surface area contributed by atoms with Crippen LogP contribution in [0.25, 0.3) is 0 Å². The van der Waals surface area contributed by atoms with Gasteiger partial charge in [-0.15, -0.1) is 0 Å². The van der Waals surface area contributed by atoms with E-state index in [1.165, 1.54) is 32.1 Å². The zero-order chi connectivity index (χ0) is 15.8. The number of amides is 1. The Labute approximate surface area is 133 Å². The summed E-state index contributed by atoms with van der Waals surface area (Å²) in [6, 6.07) is 5.71. The molecule has 122 valence electrons. The molecule has 0 aromatic heterocycles. The highest BCUT2D eigenvalue weighted by molar-refractivity contribution is 5.75. The van der Waals surface area contributed by atoms with Gasteiger partial charge >= 0.3 is 0 Å². The Kier molecular flexibility index (Phi) is 6.56. The van der Waals surface area contributed by atoms with Crippen molar-refractivity contribution < 1.29 is 14.3 Å². The molecule has 4 nitrogen and oxygen atoms in total. The van der Waals surface area contributed by atoms with Crippen molar-refractivity contribution in [2.45, 2.75) is 51.5 Å². The Morgan fingerprint density at radius 1 is 1.14 bits per heavy atom. The smallest absolute Gasteiger partial charge is 0.220 e. The summed E-state index contributed by atoms with van der Waals surface area (Å²) in [6.45, 7) is 0.532. The molecule has 1 aromatic carbocycles. The number of methoxy groups -OCH3 is 2. The SMILES string of the molecule is COc1ccc(CNC(=O)CCC2CCCCC2)cc1OC. The van der Waals surface area contributed by atoms with E-state index in [-0.39, 0.29) is 5.91 Å². The average Bonchev–Trinajstić information content (AvgIpc) is 2.58. The summed E-state index contributed by atoms with van der Waals surface area (Å²) in [4.78, 5) is 12.0. The lowest BCUT2D eigenvalue weighted by molar-refractivity contribution is -0.121. The lowest BCUT2D eigenvalue weighted by Crippen LogP contribution is -2.23. The van der Waals surface area contributed by atoms with Crippen molar-refractivity contribution in [3.05, 3.63) is 23.8 Å². The van der Waals surface area contributed by atoms with Crippen molar-refractivity contribution in [2.75, 3.05) is 14.2 Å². The van der Waals surface area contributed by atoms with Crippen molar-refractivity contribution in [2.24, 2.45) is 5.92 Å². The van der Waals surface area contributed by atoms with E-state index >= 15 is 0 Å². The van der Waals surface area contributed by atoms with Gasteiger partial charge in [-0.3, -0.25) is 4.79 Å². The maximum atomic E-state index is 12.0. The number of nitrogens with one attached hydrogen (secondary N) is 1. The number of benzene rings is 1. The summed E-state index contributed by atoms with van der Waals surface area (Å²) < 4.78 is 10.5. The summed E-state index contributed by atoms with van der Waals surface area (Å²) in [7, 11) is 3.23. The summed E-state index contributed by atoms with van der Waals surface area (Å²) in [5.41, 5.74) is 1.02. The summed E-state index contributed by atoms with van der Waals surface area (Å²) in [5.74, 6) is 2.28. The van der Waals surface area contributed by atoms with E-state index in [1.54, 1.807) is 14.2 Å². The van der Waals surface area contributed by atoms with Crippen LogP contribution in [0, 0.1) is 5.92 Å². The van der Waals surface area contributed by atoms with E-state index in [0.29, 0.717) is 24.5 Å². The number of rotatable bonds is 7. The molecule has 1 aromatic rings. The van der Waals surface area contributed by atoms with Crippen LogP contribution >= 0.6 is 0 Å². The zero-order valence-electron chi connectivity index (χ0n) is 13.7. The van der Waals surface area contributed by atoms with E-state index < -0.39 is 0 Å². The molecule has 0 saturated heterocycles. The van der Waals surface area contributed by atoms with Gasteiger partial charge in [-0.05, 0) is 30.0 Å². The zero-order valence-corrected chi connectivity index (χ0v) is 13.7. The molecule has 2 rings (SSSR count). The van der Waals surface area contributed by atoms with Crippen LogP contribution in [0.3, 0.4) is 0 Å². The van der Waals surface area contributed by atoms with Gasteiger partial charge in [0.15, 0.2) is 11.5 Å². The highest BCUT2D eigenvalue weighted by Gasteiger charge is 2.14. The van der Waals surface area contributed by atoms with Gasteiger partial charge in [-0.1, -0.05) is 38.2 Å². The first-order chi connectivity index (χ1) is 10.7. The lowest BCUT2D eigenvalue weighted by atomic mass is 9.86. The summed E-state index contributed by atoms with van der Waals surface area (Å²) in [5, 5.41) is 2.99. The average molecular weight is 305 g/mol. The summed E-state index contributed by atoms with van der Waals surface area (Å²) in [6.07, 6.45) is 8.28. The molecule has 1 aliphatic rings. The molecular weight excluding hydrogens is 278 g/mol. The highest BCUT2D eigenvalue weighted by atomic mass is 16.5. The number of carbonyl (C=O) groups excluding carboxylic acids is 1. The van der Waals surface area contributed by atoms with Crippen LogP contribution in [0.15, 0.2) is 18.2 Å². The van der Waals surface area contributed by atoms with Gasteiger partial charge in [0.05, 0.1) is 14.2 Å². The van der Waals surface area contributed by atoms with Crippen LogP contribution in [0.4, 0.5) is 0 Å². The Hall–Kier alpha value is -1.71. The van der Waals surface area contributed by atoms with E-state index in [1.807, 2.05) is 18.2 Å². The van der Waals surface area contributed by atoms with Crippen molar-refractivity contribution in [3.63, 3.8) is 0 Å². The molecule has 1 saturated carbocycles. The van der Waals surface area contributed by atoms with Crippen LogP contribution in [0.1, 0.15) is 50.5 Å². The predicted molar refractivity (Wildman–Crippen MR) is 87.2 cm³/mol. The third-order valence-electron chi connectivity index (χ3n) is 4.44. The van der Waals surface area contributed by atoms with E-state index in [4.69, 9.17) is 9.47 Å². The van der Waals surface area contributed by atoms with Crippen molar-refractivity contribution in [3.8, 4) is 11.5 Å². The first-order valence-electron chi connectivity index (χ1n) is 8.20. The molecular formula is C18H27NO3. The molecule has 0 atom stereocenters. The molecule has 0 radical (unpaired) electrons. The van der Waals surface area contributed by atoms with Gasteiger partial charge in [0.1, 0.15) is 0 Å². The monoisotopic (exact) mass is 305 g/mol. The highest BCUT2D eigenvalue weighted by Crippen LogP contribution is 2.28. The number of carbonyl (C=O) groups is 1. The van der Waals surface area contributed by atoms with Gasteiger partial charge < -0.3 is 14.8 Å². The topological polar surface area (TPSA) is 47.6 Å². The number of hydrogen-bond acceptors (Lipinski definition) is 3. The second-order valence-electron chi connectivity index (χ2n) is 6.01. The van der Waals surface area contributed by atoms with Crippen LogP contribution in [0.2, 0.25) is 0 Å². The molecule has 1 aliphatic carbocycles. The second-order valence-corrected chi connectivity index (χ2v) is 6.01. The molecule has 0 aliphatic heterocycles. The van der Waals surface area contributed by atoms with E-state index in [9.17, 15) is 4.79 Å². The minimum Gasteiger partial charge on any atom is -0.493 e. The lowest BCUT2D eigenvalue weighted by Gasteiger charge is -2.21. The predicted octanol–water partition coefficient (Wildman–Crippen LogP) is 3.68. The molecule has 1 N–H and O–H groups in total.